The number of hydrogen-bond donors (Lipinski definition) is 1. The molecule has 0 fully saturated rings. The summed E-state index contributed by atoms with van der Waals surface area (Å²) in [6.45, 7) is 1.87. The number of benzene rings is 2. The fraction of sp³-hybridized carbons (Fsp3) is 0.0625. The number of hydrogen-bond acceptors (Lipinski definition) is 4. The first-order valence-electron chi connectivity index (χ1n) is 6.68. The van der Waals surface area contributed by atoms with Crippen LogP contribution in [0.5, 0.6) is 0 Å². The first-order valence-corrected chi connectivity index (χ1v) is 8.96. The molecule has 0 aliphatic heterocycles. The van der Waals surface area contributed by atoms with Gasteiger partial charge in [0.25, 0.3) is 10.0 Å². The third-order valence-electron chi connectivity index (χ3n) is 3.31. The lowest BCUT2D eigenvalue weighted by Crippen LogP contribution is -2.13. The predicted octanol–water partition coefficient (Wildman–Crippen LogP) is 3.66. The molecule has 118 valence electrons. The molecule has 0 aliphatic rings. The van der Waals surface area contributed by atoms with Crippen molar-refractivity contribution in [3.63, 3.8) is 0 Å². The summed E-state index contributed by atoms with van der Waals surface area (Å²) in [7, 11) is -3.73. The Labute approximate surface area is 141 Å². The Morgan fingerprint density at radius 3 is 2.57 bits per heavy atom. The highest BCUT2D eigenvalue weighted by atomic mass is 79.9. The first kappa shape index (κ1) is 15.8. The molecule has 0 saturated carbocycles. The van der Waals surface area contributed by atoms with Crippen molar-refractivity contribution in [3.05, 3.63) is 69.0 Å². The van der Waals surface area contributed by atoms with E-state index in [-0.39, 0.29) is 4.90 Å². The second kappa shape index (κ2) is 5.82. The van der Waals surface area contributed by atoms with E-state index in [1.807, 2.05) is 6.92 Å². The van der Waals surface area contributed by atoms with Crippen LogP contribution in [0.2, 0.25) is 0 Å². The van der Waals surface area contributed by atoms with E-state index < -0.39 is 15.6 Å². The number of sulfonamides is 1. The Balaban J connectivity index is 2.00. The molecule has 1 aromatic heterocycles. The summed E-state index contributed by atoms with van der Waals surface area (Å²) in [5, 5.41) is 0.541. The van der Waals surface area contributed by atoms with Gasteiger partial charge in [0, 0.05) is 21.6 Å². The minimum Gasteiger partial charge on any atom is -0.423 e. The van der Waals surface area contributed by atoms with Crippen molar-refractivity contribution in [3.8, 4) is 0 Å². The SMILES string of the molecule is Cc1cc(NS(=O)(=O)c2ccc3oc(=O)ccc3c2)ccc1Br. The average Bonchev–Trinajstić information content (AvgIpc) is 2.50. The maximum Gasteiger partial charge on any atom is 0.336 e. The van der Waals surface area contributed by atoms with Gasteiger partial charge in [-0.25, -0.2) is 13.2 Å². The molecule has 3 aromatic rings. The Hall–Kier alpha value is -2.12. The first-order chi connectivity index (χ1) is 10.8. The van der Waals surface area contributed by atoms with Crippen molar-refractivity contribution in [2.24, 2.45) is 0 Å². The molecule has 0 radical (unpaired) electrons. The summed E-state index contributed by atoms with van der Waals surface area (Å²) in [5.41, 5.74) is 1.27. The van der Waals surface area contributed by atoms with Gasteiger partial charge in [0.15, 0.2) is 0 Å². The molecule has 5 nitrogen and oxygen atoms in total. The van der Waals surface area contributed by atoms with E-state index >= 15 is 0 Å². The molecule has 0 atom stereocenters. The molecule has 0 aliphatic carbocycles. The number of fused-ring (bicyclic) bond motifs is 1. The molecule has 0 unspecified atom stereocenters. The van der Waals surface area contributed by atoms with Gasteiger partial charge in [-0.15, -0.1) is 0 Å². The Morgan fingerprint density at radius 1 is 1.04 bits per heavy atom. The summed E-state index contributed by atoms with van der Waals surface area (Å²) in [5.74, 6) is 0. The lowest BCUT2D eigenvalue weighted by atomic mass is 10.2. The summed E-state index contributed by atoms with van der Waals surface area (Å²) in [6.07, 6.45) is 0. The van der Waals surface area contributed by atoms with Crippen LogP contribution in [0.4, 0.5) is 5.69 Å². The van der Waals surface area contributed by atoms with Gasteiger partial charge in [0.1, 0.15) is 5.58 Å². The topological polar surface area (TPSA) is 76.4 Å². The second-order valence-corrected chi connectivity index (χ2v) is 7.56. The molecule has 7 heteroatoms. The van der Waals surface area contributed by atoms with E-state index in [9.17, 15) is 13.2 Å². The van der Waals surface area contributed by atoms with E-state index in [4.69, 9.17) is 4.42 Å². The van der Waals surface area contributed by atoms with Gasteiger partial charge in [-0.2, -0.15) is 0 Å². The number of halogens is 1. The molecule has 23 heavy (non-hydrogen) atoms. The molecule has 0 bridgehead atoms. The van der Waals surface area contributed by atoms with Crippen LogP contribution in [0, 0.1) is 6.92 Å². The van der Waals surface area contributed by atoms with Crippen molar-refractivity contribution >= 4 is 42.6 Å². The second-order valence-electron chi connectivity index (χ2n) is 5.02. The smallest absolute Gasteiger partial charge is 0.336 e. The van der Waals surface area contributed by atoms with Gasteiger partial charge < -0.3 is 4.42 Å². The number of aryl methyl sites for hydroxylation is 1. The zero-order chi connectivity index (χ0) is 16.6. The molecule has 0 spiro atoms. The summed E-state index contributed by atoms with van der Waals surface area (Å²) < 4.78 is 33.4. The van der Waals surface area contributed by atoms with E-state index in [1.54, 1.807) is 18.2 Å². The highest BCUT2D eigenvalue weighted by Gasteiger charge is 2.15. The maximum atomic E-state index is 12.5. The summed E-state index contributed by atoms with van der Waals surface area (Å²) in [6, 6.07) is 12.3. The lowest BCUT2D eigenvalue weighted by Gasteiger charge is -2.10. The molecule has 2 aromatic carbocycles. The Morgan fingerprint density at radius 2 is 1.83 bits per heavy atom. The van der Waals surface area contributed by atoms with E-state index in [2.05, 4.69) is 20.7 Å². The van der Waals surface area contributed by atoms with Crippen molar-refractivity contribution in [2.75, 3.05) is 4.72 Å². The van der Waals surface area contributed by atoms with Crippen molar-refractivity contribution in [1.82, 2.24) is 0 Å². The predicted molar refractivity (Wildman–Crippen MR) is 92.2 cm³/mol. The third kappa shape index (κ3) is 3.30. The minimum atomic E-state index is -3.73. The Kier molecular flexibility index (Phi) is 3.99. The van der Waals surface area contributed by atoms with Crippen LogP contribution in [0.25, 0.3) is 11.0 Å². The standard InChI is InChI=1S/C16H12BrNO4S/c1-10-8-12(3-5-14(10)17)18-23(20,21)13-4-6-15-11(9-13)2-7-16(19)22-15/h2-9,18H,1H3. The average molecular weight is 394 g/mol. The van der Waals surface area contributed by atoms with Crippen LogP contribution in [-0.2, 0) is 10.0 Å². The molecular formula is C16H12BrNO4S. The summed E-state index contributed by atoms with van der Waals surface area (Å²) in [4.78, 5) is 11.3. The molecule has 1 heterocycles. The van der Waals surface area contributed by atoms with Crippen LogP contribution < -0.4 is 10.3 Å². The zero-order valence-corrected chi connectivity index (χ0v) is 14.4. The van der Waals surface area contributed by atoms with Gasteiger partial charge >= 0.3 is 5.63 Å². The van der Waals surface area contributed by atoms with E-state index in [1.165, 1.54) is 30.3 Å². The van der Waals surface area contributed by atoms with Crippen LogP contribution in [0.3, 0.4) is 0 Å². The maximum absolute atomic E-state index is 12.5. The minimum absolute atomic E-state index is 0.0967. The molecule has 1 N–H and O–H groups in total. The van der Waals surface area contributed by atoms with Crippen molar-refractivity contribution in [2.45, 2.75) is 11.8 Å². The zero-order valence-electron chi connectivity index (χ0n) is 12.0. The number of rotatable bonds is 3. The van der Waals surface area contributed by atoms with Gasteiger partial charge in [-0.1, -0.05) is 15.9 Å². The number of nitrogens with one attached hydrogen (secondary N) is 1. The van der Waals surface area contributed by atoms with Crippen LogP contribution in [-0.4, -0.2) is 8.42 Å². The van der Waals surface area contributed by atoms with Crippen molar-refractivity contribution < 1.29 is 12.8 Å². The quantitative estimate of drug-likeness (QED) is 0.688. The van der Waals surface area contributed by atoms with Crippen LogP contribution in [0.15, 0.2) is 67.1 Å². The van der Waals surface area contributed by atoms with Crippen molar-refractivity contribution in [1.29, 1.82) is 0 Å². The van der Waals surface area contributed by atoms with Gasteiger partial charge in [0.2, 0.25) is 0 Å². The molecule has 0 amide bonds. The highest BCUT2D eigenvalue weighted by Crippen LogP contribution is 2.24. The largest absolute Gasteiger partial charge is 0.423 e. The Bertz CT molecular complexity index is 1060. The van der Waals surface area contributed by atoms with Gasteiger partial charge in [0.05, 0.1) is 4.90 Å². The highest BCUT2D eigenvalue weighted by molar-refractivity contribution is 9.10. The van der Waals surface area contributed by atoms with E-state index in [0.29, 0.717) is 16.7 Å². The molecule has 0 saturated heterocycles. The van der Waals surface area contributed by atoms with Gasteiger partial charge in [-0.3, -0.25) is 4.72 Å². The van der Waals surface area contributed by atoms with Crippen LogP contribution >= 0.6 is 15.9 Å². The third-order valence-corrected chi connectivity index (χ3v) is 5.58. The fourth-order valence-electron chi connectivity index (χ4n) is 2.14. The normalized spacial score (nSPS) is 11.6. The molecule has 3 rings (SSSR count). The van der Waals surface area contributed by atoms with E-state index in [0.717, 1.165) is 10.0 Å². The lowest BCUT2D eigenvalue weighted by molar-refractivity contribution is 0.560. The number of anilines is 1. The van der Waals surface area contributed by atoms with Gasteiger partial charge in [-0.05, 0) is 55.0 Å². The molecular weight excluding hydrogens is 382 g/mol. The summed E-state index contributed by atoms with van der Waals surface area (Å²) >= 11 is 3.37. The van der Waals surface area contributed by atoms with Crippen LogP contribution in [0.1, 0.15) is 5.56 Å². The fourth-order valence-corrected chi connectivity index (χ4v) is 3.47. The monoisotopic (exact) mass is 393 g/mol.